The average Bonchev–Trinajstić information content (AvgIpc) is 2.81. The molecule has 1 aromatic rings. The largest absolute Gasteiger partial charge is 0.457 e. The van der Waals surface area contributed by atoms with E-state index in [2.05, 4.69) is 15.5 Å². The monoisotopic (exact) mass is 313 g/mol. The van der Waals surface area contributed by atoms with Crippen LogP contribution in [0, 0.1) is 0 Å². The van der Waals surface area contributed by atoms with Gasteiger partial charge in [0.05, 0.1) is 0 Å². The Bertz CT molecular complexity index is 547. The smallest absolute Gasteiger partial charge is 0.347 e. The number of ether oxygens (including phenoxy) is 1. The van der Waals surface area contributed by atoms with Gasteiger partial charge in [0.15, 0.2) is 17.1 Å². The van der Waals surface area contributed by atoms with E-state index in [0.717, 1.165) is 11.3 Å². The zero-order valence-electron chi connectivity index (χ0n) is 11.8. The van der Waals surface area contributed by atoms with Gasteiger partial charge in [0, 0.05) is 5.38 Å². The molecule has 0 aliphatic rings. The lowest BCUT2D eigenvalue weighted by Gasteiger charge is -2.18. The van der Waals surface area contributed by atoms with Crippen LogP contribution in [0.4, 0.5) is 5.13 Å². The molecule has 8 nitrogen and oxygen atoms in total. The van der Waals surface area contributed by atoms with Gasteiger partial charge in [-0.1, -0.05) is 5.16 Å². The van der Waals surface area contributed by atoms with Gasteiger partial charge in [0.25, 0.3) is 0 Å². The van der Waals surface area contributed by atoms with Crippen molar-refractivity contribution in [2.45, 2.75) is 26.4 Å². The summed E-state index contributed by atoms with van der Waals surface area (Å²) in [4.78, 5) is 41.3. The van der Waals surface area contributed by atoms with Crippen LogP contribution < -0.4 is 5.32 Å². The molecule has 0 saturated carbocycles. The molecule has 9 heteroatoms. The number of carbonyl (C=O) groups excluding carboxylic acids is 3. The Morgan fingerprint density at radius 2 is 2.19 bits per heavy atom. The van der Waals surface area contributed by atoms with Gasteiger partial charge in [0.2, 0.25) is 13.0 Å². The normalized spacial score (nSPS) is 11.7. The molecule has 0 radical (unpaired) electrons. The Kier molecular flexibility index (Phi) is 5.97. The van der Waals surface area contributed by atoms with Crippen molar-refractivity contribution in [3.63, 3.8) is 0 Å². The maximum atomic E-state index is 11.4. The summed E-state index contributed by atoms with van der Waals surface area (Å²) in [5, 5.41) is 7.72. The molecule has 0 atom stereocenters. The highest BCUT2D eigenvalue weighted by molar-refractivity contribution is 7.14. The first-order valence-electron chi connectivity index (χ1n) is 5.89. The minimum absolute atomic E-state index is 0.0891. The Morgan fingerprint density at radius 3 is 2.76 bits per heavy atom. The Balaban J connectivity index is 2.61. The predicted molar refractivity (Wildman–Crippen MR) is 76.2 cm³/mol. The lowest BCUT2D eigenvalue weighted by Crippen LogP contribution is -2.26. The minimum atomic E-state index is -0.623. The standard InChI is InChI=1S/C12H15N3O5S/c1-12(2,3)20-10(18)5-19-15-8(4-16)9-6-21-11(14-9)13-7-17/h4,6-7H,5H2,1-3H3,(H,13,14,17)/b15-8+. The van der Waals surface area contributed by atoms with Crippen LogP contribution in [0.15, 0.2) is 10.5 Å². The van der Waals surface area contributed by atoms with Gasteiger partial charge in [-0.15, -0.1) is 11.3 Å². The van der Waals surface area contributed by atoms with Crippen molar-refractivity contribution < 1.29 is 24.0 Å². The fourth-order valence-corrected chi connectivity index (χ4v) is 1.83. The summed E-state index contributed by atoms with van der Waals surface area (Å²) in [6, 6.07) is 0. The number of hydrogen-bond donors (Lipinski definition) is 1. The number of carbonyl (C=O) groups is 3. The first-order valence-corrected chi connectivity index (χ1v) is 6.76. The SMILES string of the molecule is CC(C)(C)OC(=O)CO/N=C(\C=O)c1csc(NC=O)n1. The molecule has 1 amide bonds. The van der Waals surface area contributed by atoms with Crippen LogP contribution in [-0.4, -0.2) is 41.6 Å². The maximum Gasteiger partial charge on any atom is 0.347 e. The van der Waals surface area contributed by atoms with E-state index >= 15 is 0 Å². The van der Waals surface area contributed by atoms with Crippen molar-refractivity contribution in [1.82, 2.24) is 4.98 Å². The first-order chi connectivity index (χ1) is 9.85. The van der Waals surface area contributed by atoms with Crippen molar-refractivity contribution in [1.29, 1.82) is 0 Å². The number of thiazole rings is 1. The zero-order valence-corrected chi connectivity index (χ0v) is 12.6. The van der Waals surface area contributed by atoms with Crippen molar-refractivity contribution >= 4 is 40.8 Å². The number of rotatable bonds is 7. The fourth-order valence-electron chi connectivity index (χ4n) is 1.16. The third-order valence-electron chi connectivity index (χ3n) is 1.83. The summed E-state index contributed by atoms with van der Waals surface area (Å²) in [5.41, 5.74) is -0.473. The number of esters is 1. The predicted octanol–water partition coefficient (Wildman–Crippen LogP) is 0.973. The van der Waals surface area contributed by atoms with Crippen LogP contribution in [0.2, 0.25) is 0 Å². The summed E-state index contributed by atoms with van der Waals surface area (Å²) in [6.45, 7) is 4.75. The molecule has 1 rings (SSSR count). The number of nitrogens with one attached hydrogen (secondary N) is 1. The van der Waals surface area contributed by atoms with E-state index in [1.165, 1.54) is 5.38 Å². The van der Waals surface area contributed by atoms with Crippen molar-refractivity contribution in [3.8, 4) is 0 Å². The van der Waals surface area contributed by atoms with Gasteiger partial charge < -0.3 is 14.9 Å². The van der Waals surface area contributed by atoms with Gasteiger partial charge in [0.1, 0.15) is 11.3 Å². The van der Waals surface area contributed by atoms with Crippen LogP contribution in [-0.2, 0) is 24.0 Å². The number of aldehydes is 1. The second kappa shape index (κ2) is 7.48. The molecule has 0 aliphatic carbocycles. The highest BCUT2D eigenvalue weighted by atomic mass is 32.1. The molecule has 0 fully saturated rings. The third-order valence-corrected chi connectivity index (χ3v) is 2.60. The minimum Gasteiger partial charge on any atom is -0.457 e. The molecule has 1 N–H and O–H groups in total. The molecule has 0 spiro atoms. The average molecular weight is 313 g/mol. The quantitative estimate of drug-likeness (QED) is 0.348. The number of oxime groups is 1. The molecule has 0 aromatic carbocycles. The van der Waals surface area contributed by atoms with E-state index < -0.39 is 18.2 Å². The topological polar surface area (TPSA) is 107 Å². The van der Waals surface area contributed by atoms with Crippen LogP contribution >= 0.6 is 11.3 Å². The highest BCUT2D eigenvalue weighted by Gasteiger charge is 2.16. The maximum absolute atomic E-state index is 11.4. The second-order valence-corrected chi connectivity index (χ2v) is 5.61. The van der Waals surface area contributed by atoms with Crippen LogP contribution in [0.1, 0.15) is 26.5 Å². The lowest BCUT2D eigenvalue weighted by molar-refractivity contribution is -0.160. The van der Waals surface area contributed by atoms with E-state index in [9.17, 15) is 14.4 Å². The first kappa shape index (κ1) is 16.8. The molecule has 0 unspecified atom stereocenters. The number of anilines is 1. The summed E-state index contributed by atoms with van der Waals surface area (Å²) in [7, 11) is 0. The third kappa shape index (κ3) is 6.13. The molecular formula is C12H15N3O5S. The second-order valence-electron chi connectivity index (χ2n) is 4.75. The molecule has 0 saturated heterocycles. The molecule has 1 aromatic heterocycles. The summed E-state index contributed by atoms with van der Waals surface area (Å²) in [5.74, 6) is -0.599. The summed E-state index contributed by atoms with van der Waals surface area (Å²) < 4.78 is 5.01. The zero-order chi connectivity index (χ0) is 15.9. The van der Waals surface area contributed by atoms with Crippen LogP contribution in [0.25, 0.3) is 0 Å². The van der Waals surface area contributed by atoms with Crippen molar-refractivity contribution in [3.05, 3.63) is 11.1 Å². The summed E-state index contributed by atoms with van der Waals surface area (Å²) in [6.07, 6.45) is 0.911. The van der Waals surface area contributed by atoms with E-state index in [1.54, 1.807) is 20.8 Å². The molecule has 0 aliphatic heterocycles. The number of nitrogens with zero attached hydrogens (tertiary/aromatic N) is 2. The van der Waals surface area contributed by atoms with Gasteiger partial charge >= 0.3 is 5.97 Å². The molecular weight excluding hydrogens is 298 g/mol. The van der Waals surface area contributed by atoms with Crippen LogP contribution in [0.5, 0.6) is 0 Å². The van der Waals surface area contributed by atoms with Gasteiger partial charge in [-0.25, -0.2) is 9.78 Å². The van der Waals surface area contributed by atoms with Gasteiger partial charge in [-0.05, 0) is 20.8 Å². The van der Waals surface area contributed by atoms with Crippen molar-refractivity contribution in [2.24, 2.45) is 5.16 Å². The van der Waals surface area contributed by atoms with E-state index in [0.29, 0.717) is 17.8 Å². The Morgan fingerprint density at radius 1 is 1.48 bits per heavy atom. The van der Waals surface area contributed by atoms with E-state index in [-0.39, 0.29) is 11.4 Å². The lowest BCUT2D eigenvalue weighted by atomic mass is 10.2. The summed E-state index contributed by atoms with van der Waals surface area (Å²) >= 11 is 1.13. The van der Waals surface area contributed by atoms with Gasteiger partial charge in [-0.2, -0.15) is 0 Å². The van der Waals surface area contributed by atoms with Crippen LogP contribution in [0.3, 0.4) is 0 Å². The molecule has 21 heavy (non-hydrogen) atoms. The van der Waals surface area contributed by atoms with Gasteiger partial charge in [-0.3, -0.25) is 9.59 Å². The molecule has 0 bridgehead atoms. The number of amides is 1. The molecule has 1 heterocycles. The fraction of sp³-hybridized carbons (Fsp3) is 0.417. The van der Waals surface area contributed by atoms with E-state index in [1.807, 2.05) is 0 Å². The van der Waals surface area contributed by atoms with E-state index in [4.69, 9.17) is 9.57 Å². The number of hydrogen-bond acceptors (Lipinski definition) is 8. The highest BCUT2D eigenvalue weighted by Crippen LogP contribution is 2.15. The number of aromatic nitrogens is 1. The Labute approximate surface area is 125 Å². The van der Waals surface area contributed by atoms with Crippen molar-refractivity contribution in [2.75, 3.05) is 11.9 Å². The molecule has 114 valence electrons. The Hall–Kier alpha value is -2.29.